The molecule has 0 fully saturated rings. The number of hydrogen-bond acceptors (Lipinski definition) is 3. The Morgan fingerprint density at radius 3 is 3.27 bits per heavy atom. The molecule has 0 atom stereocenters. The van der Waals surface area contributed by atoms with Crippen molar-refractivity contribution in [3.8, 4) is 0 Å². The summed E-state index contributed by atoms with van der Waals surface area (Å²) >= 11 is 0. The number of aliphatic imine (C=N–C) groups is 1. The average Bonchev–Trinajstić information content (AvgIpc) is 2.73. The van der Waals surface area contributed by atoms with Crippen molar-refractivity contribution in [3.05, 3.63) is 30.1 Å². The Morgan fingerprint density at radius 1 is 1.60 bits per heavy atom. The summed E-state index contributed by atoms with van der Waals surface area (Å²) < 4.78 is 0. The molecule has 0 aliphatic heterocycles. The number of fused-ring (bicyclic) bond motifs is 1. The van der Waals surface area contributed by atoms with Crippen LogP contribution in [0.15, 0.2) is 29.5 Å². The number of aromatic nitrogens is 2. The highest BCUT2D eigenvalue weighted by atomic mass is 15.0. The standard InChI is InChI=1S/C10H13N5/c1-12-5-15-10(11)7-3-2-4-8-9(7)14-6-13-8/h2-4,6,12H,5H2,1H3,(H2,11,15)(H,13,14). The number of rotatable bonds is 3. The number of nitrogens with one attached hydrogen (secondary N) is 2. The Labute approximate surface area is 87.4 Å². The minimum atomic E-state index is 0.502. The van der Waals surface area contributed by atoms with Crippen LogP contribution in [0.1, 0.15) is 5.56 Å². The molecule has 1 aromatic heterocycles. The van der Waals surface area contributed by atoms with Crippen LogP contribution in [-0.4, -0.2) is 29.5 Å². The van der Waals surface area contributed by atoms with Crippen LogP contribution in [0, 0.1) is 0 Å². The highest BCUT2D eigenvalue weighted by molar-refractivity contribution is 6.06. The molecule has 0 spiro atoms. The van der Waals surface area contributed by atoms with Crippen molar-refractivity contribution in [2.24, 2.45) is 10.7 Å². The Hall–Kier alpha value is -1.88. The lowest BCUT2D eigenvalue weighted by molar-refractivity contribution is 0.833. The van der Waals surface area contributed by atoms with Crippen LogP contribution < -0.4 is 11.1 Å². The van der Waals surface area contributed by atoms with Crippen LogP contribution in [0.2, 0.25) is 0 Å². The van der Waals surface area contributed by atoms with Gasteiger partial charge in [-0.15, -0.1) is 0 Å². The van der Waals surface area contributed by atoms with Crippen molar-refractivity contribution in [2.45, 2.75) is 0 Å². The van der Waals surface area contributed by atoms with Gasteiger partial charge >= 0.3 is 0 Å². The maximum Gasteiger partial charge on any atom is 0.129 e. The highest BCUT2D eigenvalue weighted by Gasteiger charge is 2.05. The Kier molecular flexibility index (Phi) is 2.64. The van der Waals surface area contributed by atoms with Crippen LogP contribution in [0.25, 0.3) is 11.0 Å². The first kappa shape index (κ1) is 9.67. The Bertz CT molecular complexity index is 485. The second kappa shape index (κ2) is 4.10. The topological polar surface area (TPSA) is 79.1 Å². The van der Waals surface area contributed by atoms with Gasteiger partial charge in [-0.2, -0.15) is 0 Å². The van der Waals surface area contributed by atoms with Crippen molar-refractivity contribution in [1.82, 2.24) is 15.3 Å². The fourth-order valence-corrected chi connectivity index (χ4v) is 1.42. The third-order valence-electron chi connectivity index (χ3n) is 2.13. The van der Waals surface area contributed by atoms with E-state index in [9.17, 15) is 0 Å². The fourth-order valence-electron chi connectivity index (χ4n) is 1.42. The van der Waals surface area contributed by atoms with E-state index >= 15 is 0 Å². The van der Waals surface area contributed by atoms with Gasteiger partial charge in [0.1, 0.15) is 5.84 Å². The quantitative estimate of drug-likeness (QED) is 0.500. The molecule has 2 aromatic rings. The molecule has 1 aromatic carbocycles. The van der Waals surface area contributed by atoms with E-state index in [1.807, 2.05) is 25.2 Å². The lowest BCUT2D eigenvalue weighted by Gasteiger charge is -2.01. The zero-order valence-electron chi connectivity index (χ0n) is 8.49. The van der Waals surface area contributed by atoms with Gasteiger partial charge in [-0.1, -0.05) is 6.07 Å². The molecule has 0 unspecified atom stereocenters. The number of amidine groups is 1. The number of hydrogen-bond donors (Lipinski definition) is 3. The summed E-state index contributed by atoms with van der Waals surface area (Å²) in [6, 6.07) is 5.80. The lowest BCUT2D eigenvalue weighted by Crippen LogP contribution is -2.17. The van der Waals surface area contributed by atoms with E-state index in [1.54, 1.807) is 6.33 Å². The third kappa shape index (κ3) is 1.82. The molecule has 2 rings (SSSR count). The van der Waals surface area contributed by atoms with Crippen molar-refractivity contribution < 1.29 is 0 Å². The van der Waals surface area contributed by atoms with E-state index in [4.69, 9.17) is 5.73 Å². The summed E-state index contributed by atoms with van der Waals surface area (Å²) in [6.07, 6.45) is 1.65. The maximum atomic E-state index is 5.86. The molecular weight excluding hydrogens is 190 g/mol. The monoisotopic (exact) mass is 203 g/mol. The van der Waals surface area contributed by atoms with Crippen LogP contribution in [0.3, 0.4) is 0 Å². The predicted octanol–water partition coefficient (Wildman–Crippen LogP) is 0.445. The van der Waals surface area contributed by atoms with Gasteiger partial charge in [-0.05, 0) is 19.2 Å². The van der Waals surface area contributed by atoms with Crippen LogP contribution >= 0.6 is 0 Å². The van der Waals surface area contributed by atoms with Crippen molar-refractivity contribution in [2.75, 3.05) is 13.7 Å². The SMILES string of the molecule is CNCN=C(N)c1cccc2[nH]cnc12. The largest absolute Gasteiger partial charge is 0.383 e. The summed E-state index contributed by atoms with van der Waals surface area (Å²) in [5, 5.41) is 2.91. The Morgan fingerprint density at radius 2 is 2.47 bits per heavy atom. The van der Waals surface area contributed by atoms with Gasteiger partial charge in [0.05, 0.1) is 24.0 Å². The van der Waals surface area contributed by atoms with E-state index < -0.39 is 0 Å². The molecule has 1 heterocycles. The molecule has 0 bridgehead atoms. The smallest absolute Gasteiger partial charge is 0.129 e. The van der Waals surface area contributed by atoms with Crippen LogP contribution in [0.5, 0.6) is 0 Å². The number of nitrogens with two attached hydrogens (primary N) is 1. The molecule has 0 saturated carbocycles. The first-order valence-corrected chi connectivity index (χ1v) is 4.70. The summed E-state index contributed by atoms with van der Waals surface area (Å²) in [4.78, 5) is 11.4. The van der Waals surface area contributed by atoms with Crippen LogP contribution in [-0.2, 0) is 0 Å². The predicted molar refractivity (Wildman–Crippen MR) is 60.7 cm³/mol. The Balaban J connectivity index is 2.46. The van der Waals surface area contributed by atoms with E-state index in [0.717, 1.165) is 16.6 Å². The van der Waals surface area contributed by atoms with Crippen molar-refractivity contribution in [1.29, 1.82) is 0 Å². The van der Waals surface area contributed by atoms with Gasteiger partial charge in [0.25, 0.3) is 0 Å². The second-order valence-corrected chi connectivity index (χ2v) is 3.16. The number of H-pyrrole nitrogens is 1. The number of imidazole rings is 1. The summed E-state index contributed by atoms with van der Waals surface area (Å²) in [5.41, 5.74) is 8.55. The minimum Gasteiger partial charge on any atom is -0.383 e. The first-order valence-electron chi connectivity index (χ1n) is 4.70. The van der Waals surface area contributed by atoms with Gasteiger partial charge in [0.2, 0.25) is 0 Å². The fraction of sp³-hybridized carbons (Fsp3) is 0.200. The molecular formula is C10H13N5. The maximum absolute atomic E-state index is 5.86. The molecule has 4 N–H and O–H groups in total. The molecule has 0 aliphatic carbocycles. The molecule has 0 radical (unpaired) electrons. The zero-order chi connectivity index (χ0) is 10.7. The number of aromatic amines is 1. The molecule has 0 amide bonds. The van der Waals surface area contributed by atoms with Crippen molar-refractivity contribution in [3.63, 3.8) is 0 Å². The molecule has 0 saturated heterocycles. The van der Waals surface area contributed by atoms with Gasteiger partial charge in [0.15, 0.2) is 0 Å². The molecule has 0 aliphatic rings. The second-order valence-electron chi connectivity index (χ2n) is 3.16. The summed E-state index contributed by atoms with van der Waals surface area (Å²) in [5.74, 6) is 0.502. The molecule has 5 heteroatoms. The van der Waals surface area contributed by atoms with Crippen LogP contribution in [0.4, 0.5) is 0 Å². The first-order chi connectivity index (χ1) is 7.33. The number of nitrogens with zero attached hydrogens (tertiary/aromatic N) is 2. The number of para-hydroxylation sites is 1. The summed E-state index contributed by atoms with van der Waals surface area (Å²) in [6.45, 7) is 0.507. The van der Waals surface area contributed by atoms with Gasteiger partial charge in [0, 0.05) is 5.56 Å². The van der Waals surface area contributed by atoms with Gasteiger partial charge in [-0.3, -0.25) is 4.99 Å². The van der Waals surface area contributed by atoms with E-state index in [1.165, 1.54) is 0 Å². The zero-order valence-corrected chi connectivity index (χ0v) is 8.49. The highest BCUT2D eigenvalue weighted by Crippen LogP contribution is 2.13. The summed E-state index contributed by atoms with van der Waals surface area (Å²) in [7, 11) is 1.83. The normalized spacial score (nSPS) is 12.2. The third-order valence-corrected chi connectivity index (χ3v) is 2.13. The molecule has 15 heavy (non-hydrogen) atoms. The molecule has 78 valence electrons. The molecule has 5 nitrogen and oxygen atoms in total. The van der Waals surface area contributed by atoms with E-state index in [2.05, 4.69) is 20.3 Å². The average molecular weight is 203 g/mol. The van der Waals surface area contributed by atoms with Crippen molar-refractivity contribution >= 4 is 16.9 Å². The van der Waals surface area contributed by atoms with E-state index in [0.29, 0.717) is 12.5 Å². The minimum absolute atomic E-state index is 0.502. The van der Waals surface area contributed by atoms with E-state index in [-0.39, 0.29) is 0 Å². The number of benzene rings is 1. The lowest BCUT2D eigenvalue weighted by atomic mass is 10.1. The van der Waals surface area contributed by atoms with Gasteiger partial charge < -0.3 is 16.0 Å². The van der Waals surface area contributed by atoms with Gasteiger partial charge in [-0.25, -0.2) is 4.98 Å².